The predicted molar refractivity (Wildman–Crippen MR) is 84.5 cm³/mol. The molecule has 3 nitrogen and oxygen atoms in total. The molecule has 3 aromatic rings. The van der Waals surface area contributed by atoms with Gasteiger partial charge in [0.1, 0.15) is 11.5 Å². The maximum atomic E-state index is 5.51. The molecule has 0 aliphatic carbocycles. The van der Waals surface area contributed by atoms with Crippen LogP contribution in [0.4, 0.5) is 0 Å². The number of rotatable bonds is 5. The highest BCUT2D eigenvalue weighted by molar-refractivity contribution is 5.87. The first-order valence-corrected chi connectivity index (χ1v) is 7.11. The van der Waals surface area contributed by atoms with Crippen molar-refractivity contribution in [3.63, 3.8) is 0 Å². The minimum absolute atomic E-state index is 0.156. The standard InChI is InChI=1S/C18H19NO2/c1-13(17-8-5-11-21-17)19-12-16-15-7-4-3-6-14(15)9-10-18(16)20-2/h3-11,13,19H,12H2,1-2H3. The Hall–Kier alpha value is -2.26. The average molecular weight is 281 g/mol. The number of nitrogens with one attached hydrogen (secondary N) is 1. The Morgan fingerprint density at radius 1 is 1.10 bits per heavy atom. The van der Waals surface area contributed by atoms with Gasteiger partial charge in [0.25, 0.3) is 0 Å². The summed E-state index contributed by atoms with van der Waals surface area (Å²) in [5.74, 6) is 1.85. The zero-order valence-corrected chi connectivity index (χ0v) is 12.3. The molecule has 1 aromatic heterocycles. The van der Waals surface area contributed by atoms with Crippen LogP contribution in [0.15, 0.2) is 59.2 Å². The number of fused-ring (bicyclic) bond motifs is 1. The molecule has 0 aliphatic rings. The lowest BCUT2D eigenvalue weighted by atomic mass is 10.0. The van der Waals surface area contributed by atoms with Crippen LogP contribution in [0, 0.1) is 0 Å². The van der Waals surface area contributed by atoms with Crippen molar-refractivity contribution in [2.24, 2.45) is 0 Å². The molecule has 0 radical (unpaired) electrons. The van der Waals surface area contributed by atoms with E-state index in [4.69, 9.17) is 9.15 Å². The van der Waals surface area contributed by atoms with Crippen molar-refractivity contribution in [2.45, 2.75) is 19.5 Å². The number of furan rings is 1. The number of benzene rings is 2. The summed E-state index contributed by atoms with van der Waals surface area (Å²) in [6.07, 6.45) is 1.70. The van der Waals surface area contributed by atoms with Gasteiger partial charge in [-0.15, -0.1) is 0 Å². The molecule has 0 spiro atoms. The molecule has 0 fully saturated rings. The van der Waals surface area contributed by atoms with Crippen molar-refractivity contribution < 1.29 is 9.15 Å². The van der Waals surface area contributed by atoms with Crippen molar-refractivity contribution in [3.8, 4) is 5.75 Å². The summed E-state index contributed by atoms with van der Waals surface area (Å²) in [7, 11) is 1.71. The van der Waals surface area contributed by atoms with Crippen LogP contribution in [0.3, 0.4) is 0 Å². The number of ether oxygens (including phenoxy) is 1. The fraction of sp³-hybridized carbons (Fsp3) is 0.222. The van der Waals surface area contributed by atoms with Gasteiger partial charge in [-0.25, -0.2) is 0 Å². The molecule has 0 saturated carbocycles. The van der Waals surface area contributed by atoms with Crippen molar-refractivity contribution >= 4 is 10.8 Å². The molecule has 0 amide bonds. The van der Waals surface area contributed by atoms with E-state index in [0.717, 1.165) is 18.1 Å². The quantitative estimate of drug-likeness (QED) is 0.757. The van der Waals surface area contributed by atoms with E-state index in [1.165, 1.54) is 16.3 Å². The van der Waals surface area contributed by atoms with Crippen molar-refractivity contribution in [2.75, 3.05) is 7.11 Å². The van der Waals surface area contributed by atoms with Crippen LogP contribution in [0.25, 0.3) is 10.8 Å². The van der Waals surface area contributed by atoms with Gasteiger partial charge >= 0.3 is 0 Å². The Morgan fingerprint density at radius 2 is 1.95 bits per heavy atom. The number of methoxy groups -OCH3 is 1. The Bertz CT molecular complexity index is 719. The van der Waals surface area contributed by atoms with Gasteiger partial charge in [-0.3, -0.25) is 0 Å². The Kier molecular flexibility index (Phi) is 3.93. The first-order valence-electron chi connectivity index (χ1n) is 7.11. The van der Waals surface area contributed by atoms with Gasteiger partial charge in [-0.05, 0) is 35.9 Å². The monoisotopic (exact) mass is 281 g/mol. The van der Waals surface area contributed by atoms with Gasteiger partial charge in [0, 0.05) is 12.1 Å². The van der Waals surface area contributed by atoms with Gasteiger partial charge in [-0.1, -0.05) is 30.3 Å². The Morgan fingerprint density at radius 3 is 2.71 bits per heavy atom. The third-order valence-electron chi connectivity index (χ3n) is 3.77. The van der Waals surface area contributed by atoms with Gasteiger partial charge in [0.05, 0.1) is 19.4 Å². The molecular formula is C18H19NO2. The second-order valence-electron chi connectivity index (χ2n) is 5.09. The van der Waals surface area contributed by atoms with E-state index in [1.807, 2.05) is 18.2 Å². The summed E-state index contributed by atoms with van der Waals surface area (Å²) >= 11 is 0. The first kappa shape index (κ1) is 13.7. The van der Waals surface area contributed by atoms with E-state index < -0.39 is 0 Å². The molecule has 0 bridgehead atoms. The van der Waals surface area contributed by atoms with Crippen molar-refractivity contribution in [1.82, 2.24) is 5.32 Å². The predicted octanol–water partition coefficient (Wildman–Crippen LogP) is 4.29. The average Bonchev–Trinajstić information content (AvgIpc) is 3.06. The molecule has 3 rings (SSSR count). The lowest BCUT2D eigenvalue weighted by Crippen LogP contribution is -2.18. The van der Waals surface area contributed by atoms with Crippen LogP contribution in [0.1, 0.15) is 24.3 Å². The fourth-order valence-corrected chi connectivity index (χ4v) is 2.58. The van der Waals surface area contributed by atoms with E-state index in [9.17, 15) is 0 Å². The summed E-state index contributed by atoms with van der Waals surface area (Å²) in [4.78, 5) is 0. The normalized spacial score (nSPS) is 12.5. The third-order valence-corrected chi connectivity index (χ3v) is 3.77. The second kappa shape index (κ2) is 6.02. The SMILES string of the molecule is COc1ccc2ccccc2c1CNC(C)c1ccco1. The fourth-order valence-electron chi connectivity index (χ4n) is 2.58. The van der Waals surface area contributed by atoms with E-state index in [0.29, 0.717) is 0 Å². The molecule has 2 aromatic carbocycles. The molecule has 0 aliphatic heterocycles. The number of hydrogen-bond acceptors (Lipinski definition) is 3. The van der Waals surface area contributed by atoms with E-state index in [-0.39, 0.29) is 6.04 Å². The summed E-state index contributed by atoms with van der Waals surface area (Å²) in [6.45, 7) is 2.82. The molecule has 3 heteroatoms. The zero-order valence-electron chi connectivity index (χ0n) is 12.3. The van der Waals surface area contributed by atoms with Gasteiger partial charge in [0.2, 0.25) is 0 Å². The smallest absolute Gasteiger partial charge is 0.123 e. The molecule has 1 heterocycles. The van der Waals surface area contributed by atoms with Crippen LogP contribution >= 0.6 is 0 Å². The van der Waals surface area contributed by atoms with Crippen LogP contribution in [0.2, 0.25) is 0 Å². The molecule has 1 N–H and O–H groups in total. The molecule has 108 valence electrons. The molecule has 1 unspecified atom stereocenters. The maximum Gasteiger partial charge on any atom is 0.123 e. The third kappa shape index (κ3) is 2.78. The van der Waals surface area contributed by atoms with Gasteiger partial charge in [0.15, 0.2) is 0 Å². The highest BCUT2D eigenvalue weighted by Crippen LogP contribution is 2.28. The molecule has 0 saturated heterocycles. The largest absolute Gasteiger partial charge is 0.496 e. The second-order valence-corrected chi connectivity index (χ2v) is 5.09. The molecule has 1 atom stereocenters. The molecular weight excluding hydrogens is 262 g/mol. The van der Waals surface area contributed by atoms with E-state index in [2.05, 4.69) is 42.6 Å². The van der Waals surface area contributed by atoms with Crippen LogP contribution < -0.4 is 10.1 Å². The minimum atomic E-state index is 0.156. The lowest BCUT2D eigenvalue weighted by Gasteiger charge is -2.16. The molecule has 21 heavy (non-hydrogen) atoms. The zero-order chi connectivity index (χ0) is 14.7. The first-order chi connectivity index (χ1) is 10.3. The minimum Gasteiger partial charge on any atom is -0.496 e. The van der Waals surface area contributed by atoms with Crippen molar-refractivity contribution in [3.05, 3.63) is 66.1 Å². The van der Waals surface area contributed by atoms with Gasteiger partial charge < -0.3 is 14.5 Å². The highest BCUT2D eigenvalue weighted by atomic mass is 16.5. The lowest BCUT2D eigenvalue weighted by molar-refractivity contribution is 0.400. The summed E-state index contributed by atoms with van der Waals surface area (Å²) in [5, 5.41) is 5.94. The van der Waals surface area contributed by atoms with E-state index >= 15 is 0 Å². The topological polar surface area (TPSA) is 34.4 Å². The van der Waals surface area contributed by atoms with Crippen LogP contribution in [-0.2, 0) is 6.54 Å². The number of hydrogen-bond donors (Lipinski definition) is 1. The van der Waals surface area contributed by atoms with E-state index in [1.54, 1.807) is 13.4 Å². The Labute approximate surface area is 124 Å². The Balaban J connectivity index is 1.88. The maximum absolute atomic E-state index is 5.51. The van der Waals surface area contributed by atoms with Crippen LogP contribution in [0.5, 0.6) is 5.75 Å². The summed E-state index contributed by atoms with van der Waals surface area (Å²) in [5.41, 5.74) is 1.18. The van der Waals surface area contributed by atoms with Crippen molar-refractivity contribution in [1.29, 1.82) is 0 Å². The van der Waals surface area contributed by atoms with Crippen LogP contribution in [-0.4, -0.2) is 7.11 Å². The highest BCUT2D eigenvalue weighted by Gasteiger charge is 2.12. The summed E-state index contributed by atoms with van der Waals surface area (Å²) < 4.78 is 10.9. The summed E-state index contributed by atoms with van der Waals surface area (Å²) in [6, 6.07) is 16.5. The van der Waals surface area contributed by atoms with Gasteiger partial charge in [-0.2, -0.15) is 0 Å².